The molecule has 8 heteroatoms. The largest absolute Gasteiger partial charge is 0.342 e. The molecule has 1 aromatic carbocycles. The van der Waals surface area contributed by atoms with Crippen LogP contribution < -0.4 is 0 Å². The lowest BCUT2D eigenvalue weighted by atomic mass is 9.92. The number of carbonyl (C=O) groups excluding carboxylic acids is 2. The van der Waals surface area contributed by atoms with Gasteiger partial charge < -0.3 is 9.80 Å². The van der Waals surface area contributed by atoms with Gasteiger partial charge in [-0.2, -0.15) is 0 Å². The molecule has 0 radical (unpaired) electrons. The lowest BCUT2D eigenvalue weighted by Gasteiger charge is -2.38. The smallest absolute Gasteiger partial charge is 0.253 e. The SMILES string of the molecule is O=C(c1ccc(F)cc1)N1CCC[C@@H](C(=O)N2CCC[C@@H](c3nnc4ccccn34)C2)C1. The molecule has 2 aliphatic heterocycles. The number of likely N-dealkylation sites (tertiary alicyclic amines) is 2. The quantitative estimate of drug-likeness (QED) is 0.634. The Labute approximate surface area is 185 Å². The third-order valence-electron chi connectivity index (χ3n) is 6.59. The van der Waals surface area contributed by atoms with Crippen molar-refractivity contribution >= 4 is 17.5 Å². The number of amides is 2. The second-order valence-electron chi connectivity index (χ2n) is 8.71. The van der Waals surface area contributed by atoms with Gasteiger partial charge in [-0.25, -0.2) is 4.39 Å². The number of carbonyl (C=O) groups is 2. The van der Waals surface area contributed by atoms with Crippen LogP contribution in [0, 0.1) is 11.7 Å². The minimum absolute atomic E-state index is 0.111. The first-order valence-corrected chi connectivity index (χ1v) is 11.2. The van der Waals surface area contributed by atoms with E-state index >= 15 is 0 Å². The van der Waals surface area contributed by atoms with Gasteiger partial charge in [-0.15, -0.1) is 10.2 Å². The van der Waals surface area contributed by atoms with E-state index in [2.05, 4.69) is 10.2 Å². The molecular formula is C24H26FN5O2. The Morgan fingerprint density at radius 1 is 0.906 bits per heavy atom. The molecule has 3 aromatic rings. The molecule has 0 aliphatic carbocycles. The Kier molecular flexibility index (Phi) is 5.59. The number of nitrogens with zero attached hydrogens (tertiary/aromatic N) is 5. The molecule has 2 fully saturated rings. The first kappa shape index (κ1) is 20.6. The van der Waals surface area contributed by atoms with Crippen LogP contribution in [0.5, 0.6) is 0 Å². The van der Waals surface area contributed by atoms with Crippen molar-refractivity contribution in [3.63, 3.8) is 0 Å². The summed E-state index contributed by atoms with van der Waals surface area (Å²) >= 11 is 0. The van der Waals surface area contributed by atoms with Crippen molar-refractivity contribution in [3.8, 4) is 0 Å². The summed E-state index contributed by atoms with van der Waals surface area (Å²) in [5.41, 5.74) is 1.27. The number of piperidine rings is 2. The highest BCUT2D eigenvalue weighted by atomic mass is 19.1. The molecule has 0 spiro atoms. The highest BCUT2D eigenvalue weighted by Crippen LogP contribution is 2.29. The second kappa shape index (κ2) is 8.68. The number of benzene rings is 1. The molecule has 0 bridgehead atoms. The van der Waals surface area contributed by atoms with Gasteiger partial charge in [0.2, 0.25) is 5.91 Å². The van der Waals surface area contributed by atoms with Gasteiger partial charge in [0.25, 0.3) is 5.91 Å². The second-order valence-corrected chi connectivity index (χ2v) is 8.71. The molecule has 2 atom stereocenters. The van der Waals surface area contributed by atoms with Crippen LogP contribution in [0.15, 0.2) is 48.7 Å². The van der Waals surface area contributed by atoms with Crippen LogP contribution in [0.4, 0.5) is 4.39 Å². The van der Waals surface area contributed by atoms with Gasteiger partial charge in [-0.3, -0.25) is 14.0 Å². The molecule has 32 heavy (non-hydrogen) atoms. The van der Waals surface area contributed by atoms with E-state index in [4.69, 9.17) is 0 Å². The number of rotatable bonds is 3. The van der Waals surface area contributed by atoms with Crippen LogP contribution in [0.3, 0.4) is 0 Å². The average molecular weight is 436 g/mol. The van der Waals surface area contributed by atoms with Gasteiger partial charge in [0.05, 0.1) is 5.92 Å². The van der Waals surface area contributed by atoms with E-state index in [-0.39, 0.29) is 29.5 Å². The summed E-state index contributed by atoms with van der Waals surface area (Å²) in [5, 5.41) is 8.65. The molecule has 2 saturated heterocycles. The van der Waals surface area contributed by atoms with Crippen LogP contribution in [0.2, 0.25) is 0 Å². The van der Waals surface area contributed by atoms with E-state index in [9.17, 15) is 14.0 Å². The summed E-state index contributed by atoms with van der Waals surface area (Å²) in [4.78, 5) is 29.9. The number of fused-ring (bicyclic) bond motifs is 1. The molecule has 5 rings (SSSR count). The summed E-state index contributed by atoms with van der Waals surface area (Å²) in [6.07, 6.45) is 5.42. The summed E-state index contributed by atoms with van der Waals surface area (Å²) < 4.78 is 15.2. The van der Waals surface area contributed by atoms with Crippen molar-refractivity contribution in [1.82, 2.24) is 24.4 Å². The standard InChI is InChI=1S/C24H26FN5O2/c25-20-10-8-17(9-11-20)23(31)29-13-4-6-19(16-29)24(32)28-12-3-5-18(15-28)22-27-26-21-7-1-2-14-30(21)22/h1-2,7-11,14,18-19H,3-6,12-13,15-16H2/t18-,19-/m1/s1. The Morgan fingerprint density at radius 2 is 1.69 bits per heavy atom. The number of hydrogen-bond donors (Lipinski definition) is 0. The molecule has 0 unspecified atom stereocenters. The molecular weight excluding hydrogens is 409 g/mol. The summed E-state index contributed by atoms with van der Waals surface area (Å²) in [6.45, 7) is 2.38. The minimum atomic E-state index is -0.367. The van der Waals surface area contributed by atoms with Gasteiger partial charge in [-0.05, 0) is 62.1 Å². The first-order valence-electron chi connectivity index (χ1n) is 11.2. The Bertz CT molecular complexity index is 1130. The van der Waals surface area contributed by atoms with Crippen LogP contribution in [0.1, 0.15) is 47.8 Å². The van der Waals surface area contributed by atoms with E-state index in [1.165, 1.54) is 24.3 Å². The van der Waals surface area contributed by atoms with Gasteiger partial charge in [-0.1, -0.05) is 6.07 Å². The highest BCUT2D eigenvalue weighted by Gasteiger charge is 2.34. The summed E-state index contributed by atoms with van der Waals surface area (Å²) in [7, 11) is 0. The van der Waals surface area contributed by atoms with Gasteiger partial charge in [0.15, 0.2) is 5.65 Å². The number of pyridine rings is 1. The summed E-state index contributed by atoms with van der Waals surface area (Å²) in [6, 6.07) is 11.4. The molecule has 7 nitrogen and oxygen atoms in total. The molecule has 4 heterocycles. The molecule has 2 aromatic heterocycles. The maximum atomic E-state index is 13.4. The fourth-order valence-corrected chi connectivity index (χ4v) is 4.92. The predicted molar refractivity (Wildman–Crippen MR) is 117 cm³/mol. The molecule has 2 amide bonds. The third-order valence-corrected chi connectivity index (χ3v) is 6.59. The monoisotopic (exact) mass is 435 g/mol. The fraction of sp³-hybridized carbons (Fsp3) is 0.417. The van der Waals surface area contributed by atoms with E-state index in [0.717, 1.165) is 43.7 Å². The Morgan fingerprint density at radius 3 is 2.53 bits per heavy atom. The van der Waals surface area contributed by atoms with Gasteiger partial charge in [0, 0.05) is 43.9 Å². The van der Waals surface area contributed by atoms with E-state index in [0.29, 0.717) is 25.2 Å². The fourth-order valence-electron chi connectivity index (χ4n) is 4.92. The van der Waals surface area contributed by atoms with Crippen molar-refractivity contribution < 1.29 is 14.0 Å². The van der Waals surface area contributed by atoms with Crippen molar-refractivity contribution in [3.05, 3.63) is 65.9 Å². The highest BCUT2D eigenvalue weighted by molar-refractivity contribution is 5.94. The van der Waals surface area contributed by atoms with Crippen molar-refractivity contribution in [2.45, 2.75) is 31.6 Å². The first-order chi connectivity index (χ1) is 15.6. The third kappa shape index (κ3) is 3.97. The van der Waals surface area contributed by atoms with E-state index in [1.54, 1.807) is 4.90 Å². The lowest BCUT2D eigenvalue weighted by Crippen LogP contribution is -2.49. The lowest BCUT2D eigenvalue weighted by molar-refractivity contribution is -0.138. The Hall–Kier alpha value is -3.29. The topological polar surface area (TPSA) is 70.8 Å². The molecule has 2 aliphatic rings. The van der Waals surface area contributed by atoms with Crippen LogP contribution >= 0.6 is 0 Å². The number of aromatic nitrogens is 3. The Balaban J connectivity index is 1.27. The van der Waals surface area contributed by atoms with Crippen LogP contribution in [-0.2, 0) is 4.79 Å². The zero-order chi connectivity index (χ0) is 22.1. The zero-order valence-corrected chi connectivity index (χ0v) is 17.9. The van der Waals surface area contributed by atoms with Crippen molar-refractivity contribution in [2.75, 3.05) is 26.2 Å². The predicted octanol–water partition coefficient (Wildman–Crippen LogP) is 3.13. The van der Waals surface area contributed by atoms with E-state index in [1.807, 2.05) is 33.7 Å². The van der Waals surface area contributed by atoms with Crippen LogP contribution in [0.25, 0.3) is 5.65 Å². The average Bonchev–Trinajstić information content (AvgIpc) is 3.28. The minimum Gasteiger partial charge on any atom is -0.342 e. The van der Waals surface area contributed by atoms with Gasteiger partial charge in [0.1, 0.15) is 11.6 Å². The molecule has 0 N–H and O–H groups in total. The van der Waals surface area contributed by atoms with Crippen LogP contribution in [-0.4, -0.2) is 62.4 Å². The number of halogens is 1. The normalized spacial score (nSPS) is 21.7. The van der Waals surface area contributed by atoms with E-state index < -0.39 is 0 Å². The van der Waals surface area contributed by atoms with Crippen molar-refractivity contribution in [2.24, 2.45) is 5.92 Å². The number of hydrogen-bond acceptors (Lipinski definition) is 4. The summed E-state index contributed by atoms with van der Waals surface area (Å²) in [5.74, 6) is 0.435. The van der Waals surface area contributed by atoms with Gasteiger partial charge >= 0.3 is 0 Å². The molecule has 0 saturated carbocycles. The maximum Gasteiger partial charge on any atom is 0.253 e. The molecule has 166 valence electrons. The zero-order valence-electron chi connectivity index (χ0n) is 17.9. The maximum absolute atomic E-state index is 13.4. The van der Waals surface area contributed by atoms with Crippen molar-refractivity contribution in [1.29, 1.82) is 0 Å².